The van der Waals surface area contributed by atoms with Crippen molar-refractivity contribution in [1.82, 2.24) is 10.2 Å². The van der Waals surface area contributed by atoms with Crippen molar-refractivity contribution < 1.29 is 0 Å². The van der Waals surface area contributed by atoms with Gasteiger partial charge in [0.1, 0.15) is 0 Å². The molecule has 2 heteroatoms. The maximum Gasteiger partial charge on any atom is 0.0125 e. The molecule has 2 nitrogen and oxygen atoms in total. The molecule has 70 valence electrons. The van der Waals surface area contributed by atoms with Crippen LogP contribution in [0.2, 0.25) is 0 Å². The first-order chi connectivity index (χ1) is 5.81. The molecule has 0 radical (unpaired) electrons. The lowest BCUT2D eigenvalue weighted by atomic mass is 10.1. The van der Waals surface area contributed by atoms with E-state index in [1.807, 2.05) is 0 Å². The quantitative estimate of drug-likeness (QED) is 0.674. The van der Waals surface area contributed by atoms with Crippen molar-refractivity contribution in [3.8, 4) is 0 Å². The van der Waals surface area contributed by atoms with E-state index in [1.54, 1.807) is 0 Å². The first-order valence-electron chi connectivity index (χ1n) is 5.20. The van der Waals surface area contributed by atoms with Gasteiger partial charge in [0.25, 0.3) is 0 Å². The topological polar surface area (TPSA) is 15.3 Å². The Kier molecular flexibility index (Phi) is 2.37. The van der Waals surface area contributed by atoms with Crippen molar-refractivity contribution in [1.29, 1.82) is 0 Å². The SMILES string of the molecule is CNCC1CCN(C2CC2C)C1. The van der Waals surface area contributed by atoms with E-state index in [0.29, 0.717) is 0 Å². The second kappa shape index (κ2) is 3.35. The third-order valence-corrected chi connectivity index (χ3v) is 3.35. The summed E-state index contributed by atoms with van der Waals surface area (Å²) in [6.45, 7) is 6.27. The van der Waals surface area contributed by atoms with Crippen LogP contribution >= 0.6 is 0 Å². The van der Waals surface area contributed by atoms with E-state index >= 15 is 0 Å². The maximum absolute atomic E-state index is 3.27. The van der Waals surface area contributed by atoms with E-state index in [9.17, 15) is 0 Å². The Labute approximate surface area is 75.3 Å². The first-order valence-corrected chi connectivity index (χ1v) is 5.20. The molecule has 1 aliphatic heterocycles. The molecule has 0 aromatic rings. The van der Waals surface area contributed by atoms with Crippen molar-refractivity contribution in [2.45, 2.75) is 25.8 Å². The molecule has 0 spiro atoms. The highest BCUT2D eigenvalue weighted by atomic mass is 15.2. The summed E-state index contributed by atoms with van der Waals surface area (Å²) in [6, 6.07) is 0.951. The fourth-order valence-electron chi connectivity index (χ4n) is 2.43. The lowest BCUT2D eigenvalue weighted by Crippen LogP contribution is -2.26. The van der Waals surface area contributed by atoms with Crippen LogP contribution < -0.4 is 5.32 Å². The third kappa shape index (κ3) is 1.64. The molecule has 2 fully saturated rings. The van der Waals surface area contributed by atoms with E-state index in [2.05, 4.69) is 24.2 Å². The fourth-order valence-corrected chi connectivity index (χ4v) is 2.43. The number of nitrogens with zero attached hydrogens (tertiary/aromatic N) is 1. The normalized spacial score (nSPS) is 42.0. The van der Waals surface area contributed by atoms with Crippen LogP contribution in [0.5, 0.6) is 0 Å². The lowest BCUT2D eigenvalue weighted by Gasteiger charge is -2.15. The van der Waals surface area contributed by atoms with Crippen molar-refractivity contribution in [3.63, 3.8) is 0 Å². The summed E-state index contributed by atoms with van der Waals surface area (Å²) >= 11 is 0. The molecule has 0 aromatic carbocycles. The Morgan fingerprint density at radius 3 is 2.83 bits per heavy atom. The Morgan fingerprint density at radius 2 is 2.25 bits per heavy atom. The second-order valence-electron chi connectivity index (χ2n) is 4.49. The summed E-state index contributed by atoms with van der Waals surface area (Å²) in [4.78, 5) is 2.69. The maximum atomic E-state index is 3.27. The van der Waals surface area contributed by atoms with Crippen molar-refractivity contribution in [2.24, 2.45) is 11.8 Å². The van der Waals surface area contributed by atoms with Gasteiger partial charge in [0.05, 0.1) is 0 Å². The Balaban J connectivity index is 1.75. The molecule has 1 N–H and O–H groups in total. The average molecular weight is 168 g/mol. The van der Waals surface area contributed by atoms with Gasteiger partial charge in [-0.1, -0.05) is 6.92 Å². The van der Waals surface area contributed by atoms with Gasteiger partial charge in [0.2, 0.25) is 0 Å². The summed E-state index contributed by atoms with van der Waals surface area (Å²) in [5.74, 6) is 1.90. The molecule has 0 aromatic heterocycles. The van der Waals surface area contributed by atoms with Gasteiger partial charge in [-0.25, -0.2) is 0 Å². The number of likely N-dealkylation sites (tertiary alicyclic amines) is 1. The molecule has 2 rings (SSSR count). The molecule has 1 saturated carbocycles. The minimum atomic E-state index is 0.919. The zero-order valence-electron chi connectivity index (χ0n) is 8.21. The summed E-state index contributed by atoms with van der Waals surface area (Å²) in [5, 5.41) is 3.27. The predicted octanol–water partition coefficient (Wildman–Crippen LogP) is 0.936. The molecule has 0 bridgehead atoms. The fraction of sp³-hybridized carbons (Fsp3) is 1.00. The zero-order valence-corrected chi connectivity index (χ0v) is 8.21. The highest BCUT2D eigenvalue weighted by molar-refractivity contribution is 4.95. The van der Waals surface area contributed by atoms with Crippen LogP contribution in [0.1, 0.15) is 19.8 Å². The van der Waals surface area contributed by atoms with Crippen molar-refractivity contribution >= 4 is 0 Å². The monoisotopic (exact) mass is 168 g/mol. The Bertz CT molecular complexity index is 158. The number of hydrogen-bond donors (Lipinski definition) is 1. The predicted molar refractivity (Wildman–Crippen MR) is 51.2 cm³/mol. The van der Waals surface area contributed by atoms with Crippen molar-refractivity contribution in [2.75, 3.05) is 26.7 Å². The minimum absolute atomic E-state index is 0.919. The van der Waals surface area contributed by atoms with Gasteiger partial charge in [-0.15, -0.1) is 0 Å². The van der Waals surface area contributed by atoms with Crippen LogP contribution in [0.4, 0.5) is 0 Å². The zero-order chi connectivity index (χ0) is 8.55. The Hall–Kier alpha value is -0.0800. The summed E-state index contributed by atoms with van der Waals surface area (Å²) in [5.41, 5.74) is 0. The van der Waals surface area contributed by atoms with Gasteiger partial charge >= 0.3 is 0 Å². The van der Waals surface area contributed by atoms with Gasteiger partial charge in [-0.3, -0.25) is 4.90 Å². The average Bonchev–Trinajstić information content (AvgIpc) is 2.62. The number of nitrogens with one attached hydrogen (secondary N) is 1. The third-order valence-electron chi connectivity index (χ3n) is 3.35. The number of rotatable bonds is 3. The van der Waals surface area contributed by atoms with Crippen LogP contribution in [0, 0.1) is 11.8 Å². The van der Waals surface area contributed by atoms with E-state index in [1.165, 1.54) is 32.5 Å². The molecule has 1 heterocycles. The summed E-state index contributed by atoms with van der Waals surface area (Å²) in [6.07, 6.45) is 2.86. The standard InChI is InChI=1S/C10H20N2/c1-8-5-10(8)12-4-3-9(7-12)6-11-2/h8-11H,3-7H2,1-2H3. The molecule has 12 heavy (non-hydrogen) atoms. The van der Waals surface area contributed by atoms with Crippen LogP contribution in [-0.4, -0.2) is 37.6 Å². The Morgan fingerprint density at radius 1 is 1.50 bits per heavy atom. The largest absolute Gasteiger partial charge is 0.319 e. The molecular formula is C10H20N2. The van der Waals surface area contributed by atoms with E-state index < -0.39 is 0 Å². The highest BCUT2D eigenvalue weighted by Crippen LogP contribution is 2.37. The van der Waals surface area contributed by atoms with Gasteiger partial charge in [-0.05, 0) is 44.8 Å². The van der Waals surface area contributed by atoms with Crippen LogP contribution in [0.3, 0.4) is 0 Å². The summed E-state index contributed by atoms with van der Waals surface area (Å²) in [7, 11) is 2.06. The van der Waals surface area contributed by atoms with Gasteiger partial charge in [-0.2, -0.15) is 0 Å². The number of hydrogen-bond acceptors (Lipinski definition) is 2. The van der Waals surface area contributed by atoms with E-state index in [4.69, 9.17) is 0 Å². The summed E-state index contributed by atoms with van der Waals surface area (Å²) < 4.78 is 0. The molecule has 2 aliphatic rings. The lowest BCUT2D eigenvalue weighted by molar-refractivity contribution is 0.301. The van der Waals surface area contributed by atoms with Gasteiger partial charge < -0.3 is 5.32 Å². The van der Waals surface area contributed by atoms with Gasteiger partial charge in [0.15, 0.2) is 0 Å². The van der Waals surface area contributed by atoms with E-state index in [0.717, 1.165) is 17.9 Å². The smallest absolute Gasteiger partial charge is 0.0125 e. The van der Waals surface area contributed by atoms with E-state index in [-0.39, 0.29) is 0 Å². The van der Waals surface area contributed by atoms with Crippen LogP contribution in [-0.2, 0) is 0 Å². The van der Waals surface area contributed by atoms with Crippen LogP contribution in [0.25, 0.3) is 0 Å². The molecule has 1 saturated heterocycles. The van der Waals surface area contributed by atoms with Gasteiger partial charge in [0, 0.05) is 12.6 Å². The minimum Gasteiger partial charge on any atom is -0.319 e. The molecule has 3 atom stereocenters. The molecule has 3 unspecified atom stereocenters. The van der Waals surface area contributed by atoms with Crippen LogP contribution in [0.15, 0.2) is 0 Å². The molecule has 1 aliphatic carbocycles. The molecule has 0 amide bonds. The van der Waals surface area contributed by atoms with Crippen molar-refractivity contribution in [3.05, 3.63) is 0 Å². The molecular weight excluding hydrogens is 148 g/mol. The first kappa shape index (κ1) is 8.52. The highest BCUT2D eigenvalue weighted by Gasteiger charge is 2.40. The second-order valence-corrected chi connectivity index (χ2v) is 4.49.